The lowest BCUT2D eigenvalue weighted by atomic mass is 10.0. The molecule has 2 fully saturated rings. The van der Waals surface area contributed by atoms with E-state index in [1.807, 2.05) is 42.2 Å². The predicted molar refractivity (Wildman–Crippen MR) is 109 cm³/mol. The molecule has 2 aliphatic rings. The minimum absolute atomic E-state index is 0.0305. The number of amides is 3. The molecule has 3 heterocycles. The zero-order valence-electron chi connectivity index (χ0n) is 16.0. The monoisotopic (exact) mass is 379 g/mol. The molecule has 0 saturated carbocycles. The van der Waals surface area contributed by atoms with Crippen LogP contribution in [0.15, 0.2) is 42.6 Å². The number of piperidine rings is 1. The maximum atomic E-state index is 12.4. The third-order valence-corrected chi connectivity index (χ3v) is 5.37. The first-order valence-corrected chi connectivity index (χ1v) is 9.73. The van der Waals surface area contributed by atoms with Crippen molar-refractivity contribution in [1.29, 1.82) is 0 Å². The van der Waals surface area contributed by atoms with Gasteiger partial charge in [0.25, 0.3) is 5.91 Å². The van der Waals surface area contributed by atoms with Gasteiger partial charge in [-0.2, -0.15) is 0 Å². The minimum Gasteiger partial charge on any atom is -0.355 e. The van der Waals surface area contributed by atoms with Crippen molar-refractivity contribution in [3.8, 4) is 0 Å². The third kappa shape index (κ3) is 3.93. The molecular weight excluding hydrogens is 354 g/mol. The summed E-state index contributed by atoms with van der Waals surface area (Å²) in [6.45, 7) is 5.18. The highest BCUT2D eigenvalue weighted by atomic mass is 16.2. The maximum absolute atomic E-state index is 12.4. The molecule has 2 saturated heterocycles. The summed E-state index contributed by atoms with van der Waals surface area (Å²) >= 11 is 0. The Kier molecular flexibility index (Phi) is 5.14. The molecule has 7 heteroatoms. The Morgan fingerprint density at radius 2 is 2.00 bits per heavy atom. The molecule has 0 radical (unpaired) electrons. The van der Waals surface area contributed by atoms with Crippen molar-refractivity contribution in [2.24, 2.45) is 0 Å². The molecule has 4 rings (SSSR count). The average Bonchev–Trinajstić information content (AvgIpc) is 3.16. The first-order chi connectivity index (χ1) is 13.6. The molecule has 1 aromatic heterocycles. The van der Waals surface area contributed by atoms with Crippen molar-refractivity contribution >= 4 is 23.4 Å². The molecule has 2 aliphatic heterocycles. The number of benzene rings is 1. The number of rotatable bonds is 4. The molecule has 0 aliphatic carbocycles. The van der Waals surface area contributed by atoms with Crippen LogP contribution in [0.2, 0.25) is 0 Å². The highest BCUT2D eigenvalue weighted by Crippen LogP contribution is 2.22. The van der Waals surface area contributed by atoms with Gasteiger partial charge < -0.3 is 20.4 Å². The molecule has 1 atom stereocenters. The number of carbonyl (C=O) groups excluding carboxylic acids is 2. The van der Waals surface area contributed by atoms with Gasteiger partial charge in [0, 0.05) is 38.1 Å². The minimum atomic E-state index is -0.173. The Labute approximate surface area is 164 Å². The smallest absolute Gasteiger partial charge is 0.317 e. The molecule has 0 spiro atoms. The number of carbonyl (C=O) groups is 2. The summed E-state index contributed by atoms with van der Waals surface area (Å²) in [6, 6.07) is 11.6. The number of hydrogen-bond donors (Lipinski definition) is 2. The van der Waals surface area contributed by atoms with Crippen LogP contribution in [0.5, 0.6) is 0 Å². The van der Waals surface area contributed by atoms with E-state index in [1.165, 1.54) is 0 Å². The van der Waals surface area contributed by atoms with Gasteiger partial charge in [-0.1, -0.05) is 17.7 Å². The summed E-state index contributed by atoms with van der Waals surface area (Å²) in [7, 11) is 0. The summed E-state index contributed by atoms with van der Waals surface area (Å²) in [5, 5.41) is 5.76. The molecule has 1 aromatic carbocycles. The summed E-state index contributed by atoms with van der Waals surface area (Å²) < 4.78 is 0. The number of nitrogens with one attached hydrogen (secondary N) is 2. The number of pyridine rings is 1. The Balaban J connectivity index is 1.40. The van der Waals surface area contributed by atoms with Gasteiger partial charge in [-0.15, -0.1) is 0 Å². The van der Waals surface area contributed by atoms with Crippen LogP contribution in [0, 0.1) is 6.92 Å². The fraction of sp³-hybridized carbons (Fsp3) is 0.381. The fourth-order valence-electron chi connectivity index (χ4n) is 3.80. The van der Waals surface area contributed by atoms with Gasteiger partial charge in [-0.05, 0) is 44.0 Å². The van der Waals surface area contributed by atoms with Crippen LogP contribution in [0.3, 0.4) is 0 Å². The normalized spacial score (nSPS) is 19.5. The Morgan fingerprint density at radius 3 is 2.68 bits per heavy atom. The molecule has 146 valence electrons. The van der Waals surface area contributed by atoms with Crippen molar-refractivity contribution in [3.63, 3.8) is 0 Å². The lowest BCUT2D eigenvalue weighted by Crippen LogP contribution is -2.49. The number of urea groups is 1. The van der Waals surface area contributed by atoms with Gasteiger partial charge in [-0.3, -0.25) is 4.79 Å². The zero-order chi connectivity index (χ0) is 19.5. The van der Waals surface area contributed by atoms with Crippen LogP contribution in [0.4, 0.5) is 16.3 Å². The van der Waals surface area contributed by atoms with Crippen LogP contribution in [0.25, 0.3) is 0 Å². The van der Waals surface area contributed by atoms with Crippen molar-refractivity contribution in [2.75, 3.05) is 36.4 Å². The van der Waals surface area contributed by atoms with Crippen LogP contribution in [-0.4, -0.2) is 54.0 Å². The molecule has 1 unspecified atom stereocenters. The summed E-state index contributed by atoms with van der Waals surface area (Å²) in [6.07, 6.45) is 3.65. The van der Waals surface area contributed by atoms with Crippen molar-refractivity contribution < 1.29 is 9.59 Å². The molecule has 3 amide bonds. The number of hydrogen-bond acceptors (Lipinski definition) is 4. The highest BCUT2D eigenvalue weighted by Gasteiger charge is 2.31. The molecule has 2 aromatic rings. The fourth-order valence-corrected chi connectivity index (χ4v) is 3.80. The Bertz CT molecular complexity index is 850. The van der Waals surface area contributed by atoms with E-state index in [4.69, 9.17) is 0 Å². The van der Waals surface area contributed by atoms with E-state index in [1.54, 1.807) is 12.3 Å². The van der Waals surface area contributed by atoms with Gasteiger partial charge in [0.05, 0.1) is 11.6 Å². The first-order valence-electron chi connectivity index (χ1n) is 9.73. The zero-order valence-corrected chi connectivity index (χ0v) is 16.0. The number of aromatic nitrogens is 1. The third-order valence-electron chi connectivity index (χ3n) is 5.37. The molecule has 2 N–H and O–H groups in total. The van der Waals surface area contributed by atoms with Gasteiger partial charge in [0.2, 0.25) is 0 Å². The largest absolute Gasteiger partial charge is 0.355 e. The Morgan fingerprint density at radius 1 is 1.18 bits per heavy atom. The second-order valence-electron chi connectivity index (χ2n) is 7.39. The maximum Gasteiger partial charge on any atom is 0.317 e. The lowest BCUT2D eigenvalue weighted by molar-refractivity contribution is 0.102. The molecule has 28 heavy (non-hydrogen) atoms. The van der Waals surface area contributed by atoms with Crippen molar-refractivity contribution in [2.45, 2.75) is 25.8 Å². The van der Waals surface area contributed by atoms with Crippen LogP contribution < -0.4 is 15.5 Å². The molecule has 0 bridgehead atoms. The quantitative estimate of drug-likeness (QED) is 0.856. The highest BCUT2D eigenvalue weighted by molar-refractivity contribution is 6.04. The van der Waals surface area contributed by atoms with Gasteiger partial charge in [0.1, 0.15) is 5.82 Å². The summed E-state index contributed by atoms with van der Waals surface area (Å²) in [4.78, 5) is 33.0. The second kappa shape index (κ2) is 7.88. The van der Waals surface area contributed by atoms with Gasteiger partial charge in [0.15, 0.2) is 0 Å². The summed E-state index contributed by atoms with van der Waals surface area (Å²) in [5.74, 6) is 0.671. The summed E-state index contributed by atoms with van der Waals surface area (Å²) in [5.41, 5.74) is 2.44. The van der Waals surface area contributed by atoms with E-state index in [9.17, 15) is 9.59 Å². The van der Waals surface area contributed by atoms with E-state index in [0.717, 1.165) is 56.1 Å². The van der Waals surface area contributed by atoms with E-state index in [0.29, 0.717) is 5.56 Å². The van der Waals surface area contributed by atoms with E-state index in [2.05, 4.69) is 20.5 Å². The lowest BCUT2D eigenvalue weighted by Gasteiger charge is -2.37. The SMILES string of the molecule is Cc1ccc(NC(=O)c2ccc(N3CCCC(N4CCNC4=O)C3)nc2)cc1. The molecule has 7 nitrogen and oxygen atoms in total. The first kappa shape index (κ1) is 18.3. The number of anilines is 2. The van der Waals surface area contributed by atoms with E-state index < -0.39 is 0 Å². The second-order valence-corrected chi connectivity index (χ2v) is 7.39. The number of nitrogens with zero attached hydrogens (tertiary/aromatic N) is 3. The van der Waals surface area contributed by atoms with E-state index in [-0.39, 0.29) is 18.0 Å². The van der Waals surface area contributed by atoms with Gasteiger partial charge in [-0.25, -0.2) is 9.78 Å². The molecular formula is C21H25N5O2. The van der Waals surface area contributed by atoms with Crippen LogP contribution in [-0.2, 0) is 0 Å². The van der Waals surface area contributed by atoms with Crippen molar-refractivity contribution in [3.05, 3.63) is 53.7 Å². The van der Waals surface area contributed by atoms with Gasteiger partial charge >= 0.3 is 6.03 Å². The standard InChI is InChI=1S/C21H25N5O2/c1-15-4-7-17(8-5-15)24-20(27)16-6-9-19(23-13-16)25-11-2-3-18(14-25)26-12-10-22-21(26)28/h4-9,13,18H,2-3,10-12,14H2,1H3,(H,22,28)(H,24,27). The van der Waals surface area contributed by atoms with Crippen LogP contribution in [0.1, 0.15) is 28.8 Å². The predicted octanol–water partition coefficient (Wildman–Crippen LogP) is 2.64. The van der Waals surface area contributed by atoms with Crippen molar-refractivity contribution in [1.82, 2.24) is 15.2 Å². The number of aryl methyl sites for hydroxylation is 1. The van der Waals surface area contributed by atoms with E-state index >= 15 is 0 Å². The topological polar surface area (TPSA) is 77.6 Å². The van der Waals surface area contributed by atoms with Crippen LogP contribution >= 0.6 is 0 Å². The Hall–Kier alpha value is -3.09. The average molecular weight is 379 g/mol.